The molecule has 4 aromatic carbocycles. The Bertz CT molecular complexity index is 1370. The molecule has 0 bridgehead atoms. The van der Waals surface area contributed by atoms with Crippen molar-refractivity contribution in [1.29, 1.82) is 0 Å². The molecule has 1 heterocycles. The third kappa shape index (κ3) is 4.51. The van der Waals surface area contributed by atoms with Crippen molar-refractivity contribution in [3.8, 4) is 0 Å². The van der Waals surface area contributed by atoms with Crippen molar-refractivity contribution in [2.24, 2.45) is 5.92 Å². The Morgan fingerprint density at radius 3 is 1.82 bits per heavy atom. The fourth-order valence-corrected chi connectivity index (χ4v) is 5.60. The summed E-state index contributed by atoms with van der Waals surface area (Å²) in [6.07, 6.45) is 5.15. The molecule has 3 heteroatoms. The van der Waals surface area contributed by atoms with Crippen LogP contribution in [0.4, 0.5) is 0 Å². The highest BCUT2D eigenvalue weighted by atomic mass is 16.5. The first-order valence-corrected chi connectivity index (χ1v) is 13.2. The molecule has 1 unspecified atom stereocenters. The van der Waals surface area contributed by atoms with Gasteiger partial charge < -0.3 is 9.47 Å². The topological polar surface area (TPSA) is 35.5 Å². The van der Waals surface area contributed by atoms with Crippen LogP contribution in [0.5, 0.6) is 0 Å². The van der Waals surface area contributed by atoms with E-state index in [9.17, 15) is 4.79 Å². The summed E-state index contributed by atoms with van der Waals surface area (Å²) in [5, 5.41) is 0. The van der Waals surface area contributed by atoms with Gasteiger partial charge in [0.15, 0.2) is 5.78 Å². The van der Waals surface area contributed by atoms with Crippen LogP contribution in [0.2, 0.25) is 0 Å². The molecule has 0 saturated carbocycles. The third-order valence-electron chi connectivity index (χ3n) is 7.57. The molecule has 0 aromatic heterocycles. The molecular formula is C35H30O3. The highest BCUT2D eigenvalue weighted by Gasteiger charge is 2.38. The predicted molar refractivity (Wildman–Crippen MR) is 149 cm³/mol. The van der Waals surface area contributed by atoms with Crippen molar-refractivity contribution in [2.45, 2.75) is 25.0 Å². The minimum Gasteiger partial charge on any atom is -0.488 e. The molecule has 2 aliphatic rings. The lowest BCUT2D eigenvalue weighted by Crippen LogP contribution is -2.34. The van der Waals surface area contributed by atoms with E-state index in [0.717, 1.165) is 33.4 Å². The maximum absolute atomic E-state index is 13.6. The van der Waals surface area contributed by atoms with Crippen LogP contribution in [-0.4, -0.2) is 12.4 Å². The van der Waals surface area contributed by atoms with Gasteiger partial charge in [0.05, 0.1) is 0 Å². The lowest BCUT2D eigenvalue weighted by atomic mass is 9.80. The molecule has 1 aliphatic carbocycles. The van der Waals surface area contributed by atoms with Crippen LogP contribution in [-0.2, 0) is 32.9 Å². The fourth-order valence-electron chi connectivity index (χ4n) is 5.60. The Morgan fingerprint density at radius 1 is 0.711 bits per heavy atom. The average molecular weight is 499 g/mol. The summed E-state index contributed by atoms with van der Waals surface area (Å²) in [5.74, 6) is 0.589. The first kappa shape index (κ1) is 24.1. The number of ether oxygens (including phenoxy) is 2. The molecule has 0 saturated heterocycles. The number of hydrogen-bond donors (Lipinski definition) is 0. The summed E-state index contributed by atoms with van der Waals surface area (Å²) in [6, 6.07) is 39.2. The average Bonchev–Trinajstić information content (AvgIpc) is 3.18. The summed E-state index contributed by atoms with van der Waals surface area (Å²) in [7, 11) is 0. The minimum atomic E-state index is -0.792. The molecular weight excluding hydrogens is 468 g/mol. The predicted octanol–water partition coefficient (Wildman–Crippen LogP) is 7.17. The number of benzene rings is 4. The van der Waals surface area contributed by atoms with Crippen molar-refractivity contribution >= 4 is 5.78 Å². The number of fused-ring (bicyclic) bond motifs is 1. The quantitative estimate of drug-likeness (QED) is 0.254. The molecule has 0 amide bonds. The lowest BCUT2D eigenvalue weighted by Gasteiger charge is -2.36. The second-order valence-corrected chi connectivity index (χ2v) is 9.82. The first-order chi connectivity index (χ1) is 18.8. The minimum absolute atomic E-state index is 0.132. The standard InChI is InChI=1S/C35H30O3/c36-34-26(20-21-33-32(34)24-27-12-10-11-13-28(27)25-37-33)22-23-38-35(29-14-4-1-5-15-29,30-16-6-2-7-17-30)31-18-8-3-9-19-31/h1-21,26H,22-25H2. The van der Waals surface area contributed by atoms with E-state index in [-0.39, 0.29) is 11.7 Å². The largest absolute Gasteiger partial charge is 0.488 e. The summed E-state index contributed by atoms with van der Waals surface area (Å²) >= 11 is 0. The molecule has 188 valence electrons. The van der Waals surface area contributed by atoms with Crippen LogP contribution in [0, 0.1) is 5.92 Å². The van der Waals surface area contributed by atoms with Gasteiger partial charge in [-0.2, -0.15) is 0 Å². The molecule has 0 spiro atoms. The van der Waals surface area contributed by atoms with Crippen LogP contribution < -0.4 is 0 Å². The zero-order valence-corrected chi connectivity index (χ0v) is 21.3. The van der Waals surface area contributed by atoms with Gasteiger partial charge in [0.2, 0.25) is 0 Å². The van der Waals surface area contributed by atoms with Gasteiger partial charge in [-0.25, -0.2) is 0 Å². The Balaban J connectivity index is 1.28. The zero-order chi connectivity index (χ0) is 25.8. The molecule has 1 aliphatic heterocycles. The zero-order valence-electron chi connectivity index (χ0n) is 21.3. The van der Waals surface area contributed by atoms with Gasteiger partial charge in [-0.05, 0) is 40.3 Å². The van der Waals surface area contributed by atoms with E-state index in [1.807, 2.05) is 78.9 Å². The molecule has 6 rings (SSSR count). The Labute approximate surface area is 224 Å². The summed E-state index contributed by atoms with van der Waals surface area (Å²) in [4.78, 5) is 13.6. The second kappa shape index (κ2) is 10.6. The van der Waals surface area contributed by atoms with E-state index < -0.39 is 5.60 Å². The van der Waals surface area contributed by atoms with Crippen molar-refractivity contribution in [2.75, 3.05) is 6.61 Å². The van der Waals surface area contributed by atoms with Crippen LogP contribution in [0.3, 0.4) is 0 Å². The number of Topliss-reactive ketones (excluding diaryl/α,β-unsaturated/α-hetero) is 1. The molecule has 4 aromatic rings. The van der Waals surface area contributed by atoms with E-state index in [1.54, 1.807) is 0 Å². The number of ketones is 1. The number of allylic oxidation sites excluding steroid dienone is 3. The van der Waals surface area contributed by atoms with Crippen LogP contribution in [0.15, 0.2) is 139 Å². The Morgan fingerprint density at radius 2 is 1.24 bits per heavy atom. The number of carbonyl (C=O) groups excluding carboxylic acids is 1. The molecule has 38 heavy (non-hydrogen) atoms. The van der Waals surface area contributed by atoms with E-state index >= 15 is 0 Å². The summed E-state index contributed by atoms with van der Waals surface area (Å²) in [5.41, 5.74) is 5.45. The Kier molecular flexibility index (Phi) is 6.76. The van der Waals surface area contributed by atoms with Gasteiger partial charge in [-0.15, -0.1) is 0 Å². The van der Waals surface area contributed by atoms with Crippen molar-refractivity contribution in [1.82, 2.24) is 0 Å². The van der Waals surface area contributed by atoms with Crippen LogP contribution >= 0.6 is 0 Å². The fraction of sp³-hybridized carbons (Fsp3) is 0.171. The van der Waals surface area contributed by atoms with Gasteiger partial charge in [-0.3, -0.25) is 4.79 Å². The molecule has 0 N–H and O–H groups in total. The van der Waals surface area contributed by atoms with Gasteiger partial charge >= 0.3 is 0 Å². The highest BCUT2D eigenvalue weighted by Crippen LogP contribution is 2.41. The van der Waals surface area contributed by atoms with Gasteiger partial charge in [-0.1, -0.05) is 121 Å². The SMILES string of the molecule is O=C1C2=C(C=CC1CCOC(c1ccccc1)(c1ccccc1)c1ccccc1)OCc1ccccc1C2. The normalized spacial score (nSPS) is 16.8. The van der Waals surface area contributed by atoms with Crippen LogP contribution in [0.1, 0.15) is 34.2 Å². The van der Waals surface area contributed by atoms with Gasteiger partial charge in [0.25, 0.3) is 0 Å². The summed E-state index contributed by atoms with van der Waals surface area (Å²) < 4.78 is 12.9. The first-order valence-electron chi connectivity index (χ1n) is 13.2. The van der Waals surface area contributed by atoms with E-state index in [2.05, 4.69) is 48.5 Å². The maximum Gasteiger partial charge on any atom is 0.169 e. The van der Waals surface area contributed by atoms with Crippen molar-refractivity contribution in [3.63, 3.8) is 0 Å². The number of rotatable bonds is 7. The van der Waals surface area contributed by atoms with Crippen molar-refractivity contribution in [3.05, 3.63) is 167 Å². The molecule has 0 fully saturated rings. The molecule has 3 nitrogen and oxygen atoms in total. The summed E-state index contributed by atoms with van der Waals surface area (Å²) in [6.45, 7) is 0.910. The number of carbonyl (C=O) groups is 1. The third-order valence-corrected chi connectivity index (χ3v) is 7.57. The smallest absolute Gasteiger partial charge is 0.169 e. The van der Waals surface area contributed by atoms with Crippen molar-refractivity contribution < 1.29 is 14.3 Å². The van der Waals surface area contributed by atoms with E-state index in [0.29, 0.717) is 31.8 Å². The maximum atomic E-state index is 13.6. The van der Waals surface area contributed by atoms with Gasteiger partial charge in [0.1, 0.15) is 18.0 Å². The second-order valence-electron chi connectivity index (χ2n) is 9.82. The van der Waals surface area contributed by atoms with E-state index in [1.165, 1.54) is 0 Å². The Hall–Kier alpha value is -4.21. The molecule has 1 atom stereocenters. The lowest BCUT2D eigenvalue weighted by molar-refractivity contribution is -0.119. The van der Waals surface area contributed by atoms with E-state index in [4.69, 9.17) is 9.47 Å². The number of hydrogen-bond acceptors (Lipinski definition) is 3. The monoisotopic (exact) mass is 498 g/mol. The van der Waals surface area contributed by atoms with Crippen LogP contribution in [0.25, 0.3) is 0 Å². The molecule has 0 radical (unpaired) electrons. The highest BCUT2D eigenvalue weighted by molar-refractivity contribution is 6.00. The van der Waals surface area contributed by atoms with Gasteiger partial charge in [0, 0.05) is 24.5 Å².